The SMILES string of the molecule is CC(C)=CCC/C(C)=C/CC/C(C)=C/CSCC(NC(=O)C1(c2ccc(Cl)cc2)CCCC1)C(=O)O. The second-order valence-electron chi connectivity index (χ2n) is 10.2. The maximum Gasteiger partial charge on any atom is 0.327 e. The number of carboxylic acids is 1. The van der Waals surface area contributed by atoms with E-state index in [0.29, 0.717) is 10.8 Å². The van der Waals surface area contributed by atoms with E-state index in [2.05, 4.69) is 51.2 Å². The summed E-state index contributed by atoms with van der Waals surface area (Å²) in [6.45, 7) is 8.58. The Balaban J connectivity index is 1.84. The average Bonchev–Trinajstić information content (AvgIpc) is 3.32. The molecule has 0 aliphatic heterocycles. The second kappa shape index (κ2) is 15.3. The molecule has 198 valence electrons. The number of carbonyl (C=O) groups excluding carboxylic acids is 1. The van der Waals surface area contributed by atoms with Gasteiger partial charge in [-0.15, -0.1) is 0 Å². The predicted octanol–water partition coefficient (Wildman–Crippen LogP) is 7.87. The van der Waals surface area contributed by atoms with E-state index in [1.54, 1.807) is 23.9 Å². The van der Waals surface area contributed by atoms with Crippen molar-refractivity contribution in [3.63, 3.8) is 0 Å². The fraction of sp³-hybridized carbons (Fsp3) is 0.533. The minimum Gasteiger partial charge on any atom is -0.480 e. The zero-order valence-electron chi connectivity index (χ0n) is 22.2. The third-order valence-corrected chi connectivity index (χ3v) is 8.07. The van der Waals surface area contributed by atoms with Crippen LogP contribution in [0.4, 0.5) is 0 Å². The van der Waals surface area contributed by atoms with Crippen LogP contribution >= 0.6 is 23.4 Å². The highest BCUT2D eigenvalue weighted by atomic mass is 35.5. The highest BCUT2D eigenvalue weighted by molar-refractivity contribution is 7.99. The quantitative estimate of drug-likeness (QED) is 0.189. The van der Waals surface area contributed by atoms with Gasteiger partial charge in [-0.3, -0.25) is 4.79 Å². The lowest BCUT2D eigenvalue weighted by Gasteiger charge is -2.30. The Morgan fingerprint density at radius 1 is 1.00 bits per heavy atom. The number of hydrogen-bond donors (Lipinski definition) is 2. The van der Waals surface area contributed by atoms with E-state index in [1.165, 1.54) is 16.7 Å². The molecular formula is C30H42ClNO3S. The summed E-state index contributed by atoms with van der Waals surface area (Å²) in [5.74, 6) is -0.106. The van der Waals surface area contributed by atoms with Gasteiger partial charge in [0.15, 0.2) is 0 Å². The molecule has 4 nitrogen and oxygen atoms in total. The van der Waals surface area contributed by atoms with Crippen molar-refractivity contribution in [3.05, 3.63) is 69.8 Å². The number of halogens is 1. The van der Waals surface area contributed by atoms with Gasteiger partial charge >= 0.3 is 5.97 Å². The summed E-state index contributed by atoms with van der Waals surface area (Å²) in [7, 11) is 0. The van der Waals surface area contributed by atoms with Crippen molar-refractivity contribution in [1.29, 1.82) is 0 Å². The molecular weight excluding hydrogens is 490 g/mol. The lowest BCUT2D eigenvalue weighted by atomic mass is 9.78. The molecule has 1 aliphatic carbocycles. The summed E-state index contributed by atoms with van der Waals surface area (Å²) in [5.41, 5.74) is 4.34. The first kappa shape index (κ1) is 30.2. The van der Waals surface area contributed by atoms with E-state index in [-0.39, 0.29) is 5.91 Å². The summed E-state index contributed by atoms with van der Waals surface area (Å²) in [6, 6.07) is 6.47. The van der Waals surface area contributed by atoms with Gasteiger partial charge in [0.05, 0.1) is 5.41 Å². The Morgan fingerprint density at radius 3 is 2.17 bits per heavy atom. The fourth-order valence-electron chi connectivity index (χ4n) is 4.59. The molecule has 0 radical (unpaired) electrons. The maximum atomic E-state index is 13.3. The molecule has 1 fully saturated rings. The van der Waals surface area contributed by atoms with Crippen molar-refractivity contribution < 1.29 is 14.7 Å². The van der Waals surface area contributed by atoms with Gasteiger partial charge in [-0.2, -0.15) is 11.8 Å². The number of rotatable bonds is 14. The molecule has 0 spiro atoms. The van der Waals surface area contributed by atoms with Gasteiger partial charge in [0, 0.05) is 16.5 Å². The smallest absolute Gasteiger partial charge is 0.327 e. The van der Waals surface area contributed by atoms with E-state index in [1.807, 2.05) is 12.1 Å². The first-order valence-corrected chi connectivity index (χ1v) is 14.5. The third kappa shape index (κ3) is 9.82. The Morgan fingerprint density at radius 2 is 1.58 bits per heavy atom. The molecule has 2 rings (SSSR count). The normalized spacial score (nSPS) is 16.5. The van der Waals surface area contributed by atoms with Crippen molar-refractivity contribution in [3.8, 4) is 0 Å². The number of allylic oxidation sites excluding steroid dienone is 5. The van der Waals surface area contributed by atoms with Crippen LogP contribution in [0.25, 0.3) is 0 Å². The highest BCUT2D eigenvalue weighted by Crippen LogP contribution is 2.41. The summed E-state index contributed by atoms with van der Waals surface area (Å²) in [5, 5.41) is 13.2. The number of benzene rings is 1. The van der Waals surface area contributed by atoms with Gasteiger partial charge in [-0.1, -0.05) is 71.5 Å². The van der Waals surface area contributed by atoms with Crippen LogP contribution in [0.5, 0.6) is 0 Å². The van der Waals surface area contributed by atoms with Crippen molar-refractivity contribution in [2.24, 2.45) is 0 Å². The van der Waals surface area contributed by atoms with Gasteiger partial charge in [-0.25, -0.2) is 4.79 Å². The van der Waals surface area contributed by atoms with Crippen molar-refractivity contribution in [1.82, 2.24) is 5.32 Å². The van der Waals surface area contributed by atoms with Crippen molar-refractivity contribution in [2.75, 3.05) is 11.5 Å². The molecule has 1 aromatic rings. The lowest BCUT2D eigenvalue weighted by molar-refractivity contribution is -0.142. The summed E-state index contributed by atoms with van der Waals surface area (Å²) >= 11 is 7.58. The van der Waals surface area contributed by atoms with E-state index in [4.69, 9.17) is 11.6 Å². The van der Waals surface area contributed by atoms with Crippen LogP contribution < -0.4 is 5.32 Å². The highest BCUT2D eigenvalue weighted by Gasteiger charge is 2.43. The summed E-state index contributed by atoms with van der Waals surface area (Å²) in [6.07, 6.45) is 14.4. The monoisotopic (exact) mass is 531 g/mol. The van der Waals surface area contributed by atoms with E-state index >= 15 is 0 Å². The van der Waals surface area contributed by atoms with Crippen LogP contribution in [-0.2, 0) is 15.0 Å². The van der Waals surface area contributed by atoms with Crippen LogP contribution in [0.15, 0.2) is 59.2 Å². The first-order chi connectivity index (χ1) is 17.1. The van der Waals surface area contributed by atoms with Crippen molar-refractivity contribution in [2.45, 2.75) is 90.5 Å². The minimum atomic E-state index is -0.991. The molecule has 36 heavy (non-hydrogen) atoms. The van der Waals surface area contributed by atoms with E-state index < -0.39 is 17.4 Å². The average molecular weight is 532 g/mol. The maximum absolute atomic E-state index is 13.3. The van der Waals surface area contributed by atoms with Gasteiger partial charge in [0.2, 0.25) is 5.91 Å². The molecule has 1 amide bonds. The number of hydrogen-bond acceptors (Lipinski definition) is 3. The zero-order chi connectivity index (χ0) is 26.6. The molecule has 0 aromatic heterocycles. The minimum absolute atomic E-state index is 0.186. The molecule has 2 N–H and O–H groups in total. The number of thioether (sulfide) groups is 1. The molecule has 0 heterocycles. The van der Waals surface area contributed by atoms with Crippen LogP contribution in [0, 0.1) is 0 Å². The molecule has 6 heteroatoms. The second-order valence-corrected chi connectivity index (χ2v) is 11.7. The van der Waals surface area contributed by atoms with Crippen LogP contribution in [0.3, 0.4) is 0 Å². The number of carboxylic acid groups (broad SMARTS) is 1. The topological polar surface area (TPSA) is 66.4 Å². The Kier molecular flexibility index (Phi) is 12.9. The molecule has 1 unspecified atom stereocenters. The number of carbonyl (C=O) groups is 2. The lowest BCUT2D eigenvalue weighted by Crippen LogP contribution is -2.50. The molecule has 1 saturated carbocycles. The predicted molar refractivity (Wildman–Crippen MR) is 154 cm³/mol. The van der Waals surface area contributed by atoms with Gasteiger partial charge in [-0.05, 0) is 83.9 Å². The van der Waals surface area contributed by atoms with Crippen LogP contribution in [0.2, 0.25) is 5.02 Å². The third-order valence-electron chi connectivity index (χ3n) is 6.85. The summed E-state index contributed by atoms with van der Waals surface area (Å²) in [4.78, 5) is 25.3. The molecule has 0 saturated heterocycles. The standard InChI is InChI=1S/C30H42ClNO3S/c1-22(2)9-7-10-23(3)11-8-12-24(4)17-20-36-21-27(28(33)34)32-29(35)30(18-5-6-19-30)25-13-15-26(31)16-14-25/h9,11,13-17,27H,5-8,10,12,18-21H2,1-4H3,(H,32,35)(H,33,34)/b23-11+,24-17+. The largest absolute Gasteiger partial charge is 0.480 e. The molecule has 0 bridgehead atoms. The molecule has 1 aliphatic rings. The number of amides is 1. The Bertz CT molecular complexity index is 955. The van der Waals surface area contributed by atoms with Gasteiger partial charge in [0.1, 0.15) is 6.04 Å². The number of aliphatic carboxylic acids is 1. The van der Waals surface area contributed by atoms with Crippen molar-refractivity contribution >= 4 is 35.2 Å². The Labute approximate surface area is 226 Å². The van der Waals surface area contributed by atoms with Gasteiger partial charge in [0.25, 0.3) is 0 Å². The number of nitrogens with one attached hydrogen (secondary N) is 1. The fourth-order valence-corrected chi connectivity index (χ4v) is 5.72. The molecule has 1 atom stereocenters. The summed E-state index contributed by atoms with van der Waals surface area (Å²) < 4.78 is 0. The van der Waals surface area contributed by atoms with E-state index in [9.17, 15) is 14.7 Å². The van der Waals surface area contributed by atoms with Crippen LogP contribution in [-0.4, -0.2) is 34.5 Å². The molecule has 1 aromatic carbocycles. The van der Waals surface area contributed by atoms with Crippen LogP contribution in [0.1, 0.15) is 84.6 Å². The Hall–Kier alpha value is -1.98. The first-order valence-electron chi connectivity index (χ1n) is 13.0. The van der Waals surface area contributed by atoms with Gasteiger partial charge < -0.3 is 10.4 Å². The zero-order valence-corrected chi connectivity index (χ0v) is 23.8. The van der Waals surface area contributed by atoms with E-state index in [0.717, 1.165) is 62.7 Å².